The van der Waals surface area contributed by atoms with Crippen LogP contribution in [0.2, 0.25) is 18.6 Å². The third-order valence-electron chi connectivity index (χ3n) is 11.9. The van der Waals surface area contributed by atoms with Crippen molar-refractivity contribution in [2.45, 2.75) is 142 Å². The van der Waals surface area contributed by atoms with Crippen molar-refractivity contribution < 1.29 is 4.74 Å². The van der Waals surface area contributed by atoms with Gasteiger partial charge in [-0.15, -0.1) is 0 Å². The van der Waals surface area contributed by atoms with Crippen LogP contribution in [0.3, 0.4) is 0 Å². The summed E-state index contributed by atoms with van der Waals surface area (Å²) in [7, 11) is -1.79. The summed E-state index contributed by atoms with van der Waals surface area (Å²) in [4.78, 5) is 0. The molecule has 0 radical (unpaired) electrons. The topological polar surface area (TPSA) is 12.5 Å². The van der Waals surface area contributed by atoms with Gasteiger partial charge in [0.1, 0.15) is 19.7 Å². The molecule has 0 amide bonds. The molecule has 4 unspecified atom stereocenters. The van der Waals surface area contributed by atoms with E-state index in [1.807, 2.05) is 0 Å². The predicted octanol–water partition coefficient (Wildman–Crippen LogP) is 11.7. The Kier molecular flexibility index (Phi) is 7.97. The van der Waals surface area contributed by atoms with E-state index in [-0.39, 0.29) is 16.4 Å². The molecular weight excluding hydrogens is 551 g/mol. The zero-order chi connectivity index (χ0) is 31.8. The average Bonchev–Trinajstić information content (AvgIpc) is 3.37. The summed E-state index contributed by atoms with van der Waals surface area (Å²) in [5, 5.41) is 0. The summed E-state index contributed by atoms with van der Waals surface area (Å²) >= 11 is 0. The Labute approximate surface area is 270 Å². The van der Waals surface area contributed by atoms with E-state index in [0.717, 1.165) is 29.0 Å². The number of benzene rings is 2. The second kappa shape index (κ2) is 11.0. The summed E-state index contributed by atoms with van der Waals surface area (Å²) in [6.07, 6.45) is 13.8. The average molecular weight is 610 g/mol. The molecule has 0 aromatic heterocycles. The lowest BCUT2D eigenvalue weighted by Gasteiger charge is -2.56. The van der Waals surface area contributed by atoms with Crippen LogP contribution in [0, 0.1) is 17.8 Å². The predicted molar refractivity (Wildman–Crippen MR) is 191 cm³/mol. The number of allylic oxidation sites excluding steroid dienone is 4. The minimum atomic E-state index is -1.79. The first kappa shape index (κ1) is 31.9. The number of nitrogens with zero attached hydrogens (tertiary/aromatic N) is 1. The van der Waals surface area contributed by atoms with Gasteiger partial charge < -0.3 is 9.30 Å². The quantitative estimate of drug-likeness (QED) is 0.313. The number of ether oxygens (including phenoxy) is 1. The van der Waals surface area contributed by atoms with E-state index in [1.165, 1.54) is 60.8 Å². The Morgan fingerprint density at radius 1 is 0.841 bits per heavy atom. The lowest BCUT2D eigenvalue weighted by Crippen LogP contribution is -2.65. The molecule has 2 aromatic carbocycles. The molecule has 4 aliphatic rings. The van der Waals surface area contributed by atoms with E-state index >= 15 is 0 Å². The molecule has 0 aliphatic heterocycles. The molecule has 2 nitrogen and oxygen atoms in total. The van der Waals surface area contributed by atoms with Gasteiger partial charge in [0.25, 0.3) is 0 Å². The van der Waals surface area contributed by atoms with Crippen molar-refractivity contribution in [3.8, 4) is 11.5 Å². The Bertz CT molecular complexity index is 1440. The normalized spacial score (nSPS) is 27.0. The minimum absolute atomic E-state index is 0.0184. The maximum Gasteiger partial charge on any atom is 0.127 e. The van der Waals surface area contributed by atoms with E-state index in [4.69, 9.17) is 4.74 Å². The van der Waals surface area contributed by atoms with Crippen molar-refractivity contribution in [2.75, 3.05) is 0 Å². The second-order valence-electron chi connectivity index (χ2n) is 17.8. The van der Waals surface area contributed by atoms with Crippen LogP contribution in [-0.2, 0) is 10.8 Å². The summed E-state index contributed by atoms with van der Waals surface area (Å²) in [5.74, 6) is 3.89. The van der Waals surface area contributed by atoms with E-state index < -0.39 is 8.24 Å². The Balaban J connectivity index is 1.32. The van der Waals surface area contributed by atoms with Crippen molar-refractivity contribution in [3.63, 3.8) is 0 Å². The van der Waals surface area contributed by atoms with Crippen LogP contribution < -0.4 is 4.74 Å². The van der Waals surface area contributed by atoms with Gasteiger partial charge in [0.2, 0.25) is 0 Å². The fourth-order valence-corrected chi connectivity index (χ4v) is 16.4. The van der Waals surface area contributed by atoms with Crippen LogP contribution in [0.25, 0.3) is 5.57 Å². The summed E-state index contributed by atoms with van der Waals surface area (Å²) in [6, 6.07) is 16.3. The van der Waals surface area contributed by atoms with Crippen molar-refractivity contribution in [3.05, 3.63) is 76.9 Å². The van der Waals surface area contributed by atoms with Gasteiger partial charge in [-0.1, -0.05) is 104 Å². The molecule has 4 aliphatic carbocycles. The van der Waals surface area contributed by atoms with Crippen molar-refractivity contribution in [1.29, 1.82) is 0 Å². The van der Waals surface area contributed by atoms with Gasteiger partial charge in [0.15, 0.2) is 0 Å². The number of fused-ring (bicyclic) bond motifs is 4. The maximum atomic E-state index is 6.45. The molecule has 0 N–H and O–H groups in total. The fraction of sp³-hybridized carbons (Fsp3) is 0.610. The van der Waals surface area contributed by atoms with Gasteiger partial charge in [-0.05, 0) is 121 Å². The molecular formula is C41H59NOSi. The standard InChI is InChI=1S/C41H59NOSi/c1-27-23-28-24-36-35(26-34(28)38(27)44(10,11)42(40(5,6)7)30-15-13-12-14-16-30)33-22-21-32(25-37(33)41(36,8)9)43-31-19-17-29(18-20-31)39(2,3)4/h17-22,24-28,30,34,38H,12-16,23H2,1-11H3. The monoisotopic (exact) mass is 609 g/mol. The molecule has 0 heterocycles. The zero-order valence-corrected chi connectivity index (χ0v) is 30.7. The molecule has 2 fully saturated rings. The first-order valence-electron chi connectivity index (χ1n) is 17.7. The van der Waals surface area contributed by atoms with Crippen LogP contribution in [0.1, 0.15) is 118 Å². The second-order valence-corrected chi connectivity index (χ2v) is 22.3. The Morgan fingerprint density at radius 2 is 1.48 bits per heavy atom. The molecule has 0 saturated heterocycles. The van der Waals surface area contributed by atoms with E-state index in [9.17, 15) is 0 Å². The van der Waals surface area contributed by atoms with Crippen LogP contribution in [0.5, 0.6) is 11.5 Å². The van der Waals surface area contributed by atoms with Gasteiger partial charge in [0.05, 0.1) is 0 Å². The van der Waals surface area contributed by atoms with E-state index in [0.29, 0.717) is 11.8 Å². The van der Waals surface area contributed by atoms with Crippen LogP contribution in [-0.4, -0.2) is 24.4 Å². The molecule has 4 atom stereocenters. The van der Waals surface area contributed by atoms with Gasteiger partial charge in [-0.3, -0.25) is 0 Å². The van der Waals surface area contributed by atoms with Crippen molar-refractivity contribution >= 4 is 13.8 Å². The first-order chi connectivity index (χ1) is 20.5. The van der Waals surface area contributed by atoms with Crippen LogP contribution >= 0.6 is 0 Å². The largest absolute Gasteiger partial charge is 0.457 e. The number of hydrogen-bond acceptors (Lipinski definition) is 2. The van der Waals surface area contributed by atoms with E-state index in [1.54, 1.807) is 5.57 Å². The third kappa shape index (κ3) is 5.49. The highest BCUT2D eigenvalue weighted by Crippen LogP contribution is 2.61. The maximum absolute atomic E-state index is 6.45. The lowest BCUT2D eigenvalue weighted by atomic mass is 9.76. The summed E-state index contributed by atoms with van der Waals surface area (Å²) in [5.41, 5.74) is 8.33. The lowest BCUT2D eigenvalue weighted by molar-refractivity contribution is 0.139. The Morgan fingerprint density at radius 3 is 2.09 bits per heavy atom. The zero-order valence-electron chi connectivity index (χ0n) is 29.7. The highest BCUT2D eigenvalue weighted by atomic mass is 28.3. The fourth-order valence-electron chi connectivity index (χ4n) is 10.3. The molecule has 44 heavy (non-hydrogen) atoms. The molecule has 2 aromatic rings. The van der Waals surface area contributed by atoms with E-state index in [2.05, 4.69) is 135 Å². The molecule has 6 rings (SSSR count). The molecule has 3 heteroatoms. The molecule has 0 bridgehead atoms. The minimum Gasteiger partial charge on any atom is -0.457 e. The number of hydrogen-bond donors (Lipinski definition) is 0. The molecule has 238 valence electrons. The van der Waals surface area contributed by atoms with Gasteiger partial charge >= 0.3 is 0 Å². The SMILES string of the molecule is CC1CC2C=C3C(=CC2C1[Si](C)(C)N(C1CCCCC1)C(C)(C)C)c1ccc(Oc2ccc(C(C)(C)C)cc2)cc1C3(C)C. The van der Waals surface area contributed by atoms with Gasteiger partial charge in [0, 0.05) is 17.0 Å². The summed E-state index contributed by atoms with van der Waals surface area (Å²) < 4.78 is 9.56. The van der Waals surface area contributed by atoms with Crippen LogP contribution in [0.4, 0.5) is 0 Å². The van der Waals surface area contributed by atoms with Gasteiger partial charge in [-0.25, -0.2) is 0 Å². The highest BCUT2D eigenvalue weighted by molar-refractivity contribution is 6.76. The number of rotatable bonds is 5. The highest BCUT2D eigenvalue weighted by Gasteiger charge is 2.55. The Hall–Kier alpha value is -2.10. The molecule has 2 saturated carbocycles. The van der Waals surface area contributed by atoms with Crippen molar-refractivity contribution in [2.24, 2.45) is 17.8 Å². The third-order valence-corrected chi connectivity index (χ3v) is 16.7. The van der Waals surface area contributed by atoms with Crippen molar-refractivity contribution in [1.82, 2.24) is 4.57 Å². The first-order valence-corrected chi connectivity index (χ1v) is 20.7. The smallest absolute Gasteiger partial charge is 0.127 e. The van der Waals surface area contributed by atoms with Gasteiger partial charge in [-0.2, -0.15) is 0 Å². The molecule has 0 spiro atoms. The summed E-state index contributed by atoms with van der Waals surface area (Å²) in [6.45, 7) is 27.2. The van der Waals surface area contributed by atoms with Crippen LogP contribution in [0.15, 0.2) is 60.2 Å².